The monoisotopic (exact) mass is 231 g/mol. The average Bonchev–Trinajstić information content (AvgIpc) is 2.30. The summed E-state index contributed by atoms with van der Waals surface area (Å²) in [5, 5.41) is 9.40. The zero-order valence-corrected chi connectivity index (χ0v) is 9.94. The zero-order valence-electron chi connectivity index (χ0n) is 9.94. The minimum atomic E-state index is -0.795. The molecule has 88 valence electrons. The standard InChI is InChI=1S/C13H13NO3/c1-7-6-8(14(2)3)4-5-9(7)10-11(15)13(17)12(10)16/h4-6,15H,1-3H3. The Morgan fingerprint density at radius 1 is 1.12 bits per heavy atom. The first-order valence-electron chi connectivity index (χ1n) is 5.24. The van der Waals surface area contributed by atoms with Crippen molar-refractivity contribution in [3.8, 4) is 16.9 Å². The second kappa shape index (κ2) is 3.73. The quantitative estimate of drug-likeness (QED) is 0.784. The molecular formula is C13H13NO3. The minimum absolute atomic E-state index is 0.137. The highest BCUT2D eigenvalue weighted by Gasteiger charge is 2.22. The van der Waals surface area contributed by atoms with E-state index in [-0.39, 0.29) is 5.56 Å². The van der Waals surface area contributed by atoms with Gasteiger partial charge in [0.2, 0.25) is 5.43 Å². The van der Waals surface area contributed by atoms with Crippen LogP contribution in [0.1, 0.15) is 5.56 Å². The van der Waals surface area contributed by atoms with Gasteiger partial charge in [-0.3, -0.25) is 9.59 Å². The summed E-state index contributed by atoms with van der Waals surface area (Å²) in [6.45, 7) is 1.85. The topological polar surface area (TPSA) is 57.6 Å². The Morgan fingerprint density at radius 3 is 2.24 bits per heavy atom. The minimum Gasteiger partial charge on any atom is -0.503 e. The molecule has 0 aromatic heterocycles. The lowest BCUT2D eigenvalue weighted by Gasteiger charge is -2.15. The van der Waals surface area contributed by atoms with Crippen LogP contribution < -0.4 is 15.8 Å². The lowest BCUT2D eigenvalue weighted by atomic mass is 9.95. The van der Waals surface area contributed by atoms with Crippen molar-refractivity contribution < 1.29 is 5.11 Å². The summed E-state index contributed by atoms with van der Waals surface area (Å²) in [5.74, 6) is -0.421. The number of hydrogen-bond acceptors (Lipinski definition) is 4. The fourth-order valence-corrected chi connectivity index (χ4v) is 1.84. The first-order chi connectivity index (χ1) is 7.93. The highest BCUT2D eigenvalue weighted by molar-refractivity contribution is 5.77. The van der Waals surface area contributed by atoms with Gasteiger partial charge >= 0.3 is 0 Å². The van der Waals surface area contributed by atoms with Crippen molar-refractivity contribution in [2.75, 3.05) is 19.0 Å². The zero-order chi connectivity index (χ0) is 12.7. The maximum absolute atomic E-state index is 11.4. The van der Waals surface area contributed by atoms with E-state index in [0.29, 0.717) is 5.56 Å². The third-order valence-electron chi connectivity index (χ3n) is 2.88. The van der Waals surface area contributed by atoms with Crippen molar-refractivity contribution in [3.05, 3.63) is 44.2 Å². The van der Waals surface area contributed by atoms with Gasteiger partial charge in [0.25, 0.3) is 5.43 Å². The smallest absolute Gasteiger partial charge is 0.268 e. The van der Waals surface area contributed by atoms with Gasteiger partial charge in [-0.15, -0.1) is 0 Å². The van der Waals surface area contributed by atoms with Crippen LogP contribution in [0.4, 0.5) is 5.69 Å². The maximum Gasteiger partial charge on any atom is 0.268 e. The normalized spacial score (nSPS) is 10.8. The molecule has 4 nitrogen and oxygen atoms in total. The number of rotatable bonds is 2. The molecular weight excluding hydrogens is 218 g/mol. The van der Waals surface area contributed by atoms with Crippen LogP contribution in [0, 0.1) is 6.92 Å². The molecule has 0 fully saturated rings. The fourth-order valence-electron chi connectivity index (χ4n) is 1.84. The Bertz CT molecular complexity index is 649. The summed E-state index contributed by atoms with van der Waals surface area (Å²) in [6, 6.07) is 5.50. The molecule has 0 aliphatic carbocycles. The van der Waals surface area contributed by atoms with Crippen LogP contribution in [0.3, 0.4) is 0 Å². The highest BCUT2D eigenvalue weighted by atomic mass is 16.3. The van der Waals surface area contributed by atoms with Crippen molar-refractivity contribution in [3.63, 3.8) is 0 Å². The molecule has 0 unspecified atom stereocenters. The van der Waals surface area contributed by atoms with Gasteiger partial charge in [-0.2, -0.15) is 0 Å². The Morgan fingerprint density at radius 2 is 1.76 bits per heavy atom. The average molecular weight is 231 g/mol. The summed E-state index contributed by atoms with van der Waals surface area (Å²) in [7, 11) is 3.84. The number of nitrogens with zero attached hydrogens (tertiary/aromatic N) is 1. The second-order valence-electron chi connectivity index (χ2n) is 4.28. The Balaban J connectivity index is 2.56. The van der Waals surface area contributed by atoms with Gasteiger partial charge in [0.05, 0.1) is 5.56 Å². The van der Waals surface area contributed by atoms with E-state index in [1.54, 1.807) is 6.07 Å². The highest BCUT2D eigenvalue weighted by Crippen LogP contribution is 2.29. The summed E-state index contributed by atoms with van der Waals surface area (Å²) in [6.07, 6.45) is 0. The van der Waals surface area contributed by atoms with Crippen molar-refractivity contribution in [2.45, 2.75) is 6.92 Å². The molecule has 0 aliphatic heterocycles. The van der Waals surface area contributed by atoms with E-state index in [9.17, 15) is 14.7 Å². The Hall–Kier alpha value is -2.10. The summed E-state index contributed by atoms with van der Waals surface area (Å²) >= 11 is 0. The van der Waals surface area contributed by atoms with Crippen molar-refractivity contribution >= 4 is 5.69 Å². The fraction of sp³-hybridized carbons (Fsp3) is 0.231. The van der Waals surface area contributed by atoms with Crippen LogP contribution in [0.15, 0.2) is 27.8 Å². The number of benzene rings is 1. The molecule has 0 spiro atoms. The van der Waals surface area contributed by atoms with E-state index in [2.05, 4.69) is 0 Å². The Kier molecular flexibility index (Phi) is 2.50. The molecule has 17 heavy (non-hydrogen) atoms. The van der Waals surface area contributed by atoms with E-state index in [1.165, 1.54) is 0 Å². The molecule has 0 aliphatic rings. The van der Waals surface area contributed by atoms with E-state index in [4.69, 9.17) is 0 Å². The van der Waals surface area contributed by atoms with Gasteiger partial charge in [0.1, 0.15) is 0 Å². The molecule has 0 heterocycles. The van der Waals surface area contributed by atoms with Crippen LogP contribution in [-0.2, 0) is 0 Å². The molecule has 1 N–H and O–H groups in total. The second-order valence-corrected chi connectivity index (χ2v) is 4.28. The van der Waals surface area contributed by atoms with E-state index in [1.807, 2.05) is 38.1 Å². The van der Waals surface area contributed by atoms with Crippen LogP contribution in [-0.4, -0.2) is 19.2 Å². The first-order valence-corrected chi connectivity index (χ1v) is 5.24. The number of aryl methyl sites for hydroxylation is 1. The van der Waals surface area contributed by atoms with Crippen LogP contribution in [0.5, 0.6) is 5.75 Å². The molecule has 2 aromatic rings. The molecule has 0 atom stereocenters. The van der Waals surface area contributed by atoms with Crippen molar-refractivity contribution in [2.24, 2.45) is 0 Å². The Labute approximate surface area is 98.4 Å². The van der Waals surface area contributed by atoms with Gasteiger partial charge in [0, 0.05) is 19.8 Å². The molecule has 0 bridgehead atoms. The lowest BCUT2D eigenvalue weighted by molar-refractivity contribution is 0.465. The van der Waals surface area contributed by atoms with E-state index in [0.717, 1.165) is 11.3 Å². The predicted octanol–water partition coefficient (Wildman–Crippen LogP) is 1.03. The van der Waals surface area contributed by atoms with E-state index >= 15 is 0 Å². The molecule has 4 heteroatoms. The van der Waals surface area contributed by atoms with E-state index < -0.39 is 16.6 Å². The van der Waals surface area contributed by atoms with Crippen molar-refractivity contribution in [1.29, 1.82) is 0 Å². The largest absolute Gasteiger partial charge is 0.503 e. The van der Waals surface area contributed by atoms with Gasteiger partial charge in [0.15, 0.2) is 5.75 Å². The maximum atomic E-state index is 11.4. The molecule has 2 rings (SSSR count). The van der Waals surface area contributed by atoms with Crippen LogP contribution in [0.2, 0.25) is 0 Å². The van der Waals surface area contributed by atoms with Gasteiger partial charge < -0.3 is 10.0 Å². The van der Waals surface area contributed by atoms with Crippen molar-refractivity contribution in [1.82, 2.24) is 0 Å². The third-order valence-corrected chi connectivity index (χ3v) is 2.88. The molecule has 0 radical (unpaired) electrons. The summed E-state index contributed by atoms with van der Waals surface area (Å²) in [4.78, 5) is 24.3. The van der Waals surface area contributed by atoms with Crippen LogP contribution in [0.25, 0.3) is 11.1 Å². The molecule has 0 saturated carbocycles. The number of anilines is 1. The summed E-state index contributed by atoms with van der Waals surface area (Å²) < 4.78 is 0. The first kappa shape index (κ1) is 11.4. The van der Waals surface area contributed by atoms with Gasteiger partial charge in [-0.1, -0.05) is 6.07 Å². The predicted molar refractivity (Wildman–Crippen MR) is 67.5 cm³/mol. The van der Waals surface area contributed by atoms with Gasteiger partial charge in [-0.25, -0.2) is 0 Å². The lowest BCUT2D eigenvalue weighted by Crippen LogP contribution is -2.32. The SMILES string of the molecule is Cc1cc(N(C)C)ccc1-c1c(O)c(=O)c1=O. The molecule has 2 aromatic carbocycles. The number of aromatic hydroxyl groups is 1. The molecule has 0 saturated heterocycles. The number of hydrogen-bond donors (Lipinski definition) is 1. The van der Waals surface area contributed by atoms with Crippen LogP contribution >= 0.6 is 0 Å². The third kappa shape index (κ3) is 1.62. The van der Waals surface area contributed by atoms with Gasteiger partial charge in [-0.05, 0) is 30.2 Å². The summed E-state index contributed by atoms with van der Waals surface area (Å²) in [5.41, 5.74) is 1.22. The molecule has 0 amide bonds.